The summed E-state index contributed by atoms with van der Waals surface area (Å²) in [6.07, 6.45) is 0.688. The highest BCUT2D eigenvalue weighted by Crippen LogP contribution is 1.93. The van der Waals surface area contributed by atoms with E-state index in [2.05, 4.69) is 5.28 Å². The molecule has 0 aliphatic carbocycles. The standard InChI is InChI=1S/C4H10N2O2/c1-3-4(2)6(8)5-7/h4,7H,3H2,1-2H3/b6-5-. The van der Waals surface area contributed by atoms with Crippen molar-refractivity contribution < 1.29 is 10.1 Å². The molecule has 0 spiro atoms. The van der Waals surface area contributed by atoms with Crippen LogP contribution in [0.25, 0.3) is 0 Å². The van der Waals surface area contributed by atoms with Crippen LogP contribution in [0.1, 0.15) is 20.3 Å². The lowest BCUT2D eigenvalue weighted by molar-refractivity contribution is -0.588. The van der Waals surface area contributed by atoms with Gasteiger partial charge in [0.25, 0.3) is 0 Å². The summed E-state index contributed by atoms with van der Waals surface area (Å²) in [5.41, 5.74) is 0. The van der Waals surface area contributed by atoms with Gasteiger partial charge < -0.3 is 10.4 Å². The molecular formula is C4H10N2O2. The van der Waals surface area contributed by atoms with Gasteiger partial charge in [0, 0.05) is 13.3 Å². The second-order valence-corrected chi connectivity index (χ2v) is 1.65. The summed E-state index contributed by atoms with van der Waals surface area (Å²) in [5, 5.41) is 20.6. The minimum Gasteiger partial charge on any atom is -0.597 e. The monoisotopic (exact) mass is 118 g/mol. The Labute approximate surface area is 48.0 Å². The van der Waals surface area contributed by atoms with Gasteiger partial charge in [-0.2, -0.15) is 0 Å². The van der Waals surface area contributed by atoms with Gasteiger partial charge in [0.2, 0.25) is 0 Å². The van der Waals surface area contributed by atoms with Crippen LogP contribution < -0.4 is 0 Å². The lowest BCUT2D eigenvalue weighted by Gasteiger charge is -2.02. The number of rotatable bonds is 2. The van der Waals surface area contributed by atoms with Gasteiger partial charge >= 0.3 is 0 Å². The van der Waals surface area contributed by atoms with Gasteiger partial charge in [0.15, 0.2) is 11.3 Å². The largest absolute Gasteiger partial charge is 0.597 e. The molecule has 4 nitrogen and oxygen atoms in total. The minimum absolute atomic E-state index is 0.222. The number of nitrogens with zero attached hydrogens (tertiary/aromatic N) is 2. The van der Waals surface area contributed by atoms with Crippen LogP contribution >= 0.6 is 0 Å². The topological polar surface area (TPSA) is 58.7 Å². The Kier molecular flexibility index (Phi) is 2.91. The minimum atomic E-state index is -0.222. The van der Waals surface area contributed by atoms with Crippen molar-refractivity contribution in [1.29, 1.82) is 0 Å². The molecule has 0 aromatic rings. The maximum Gasteiger partial charge on any atom is 0.197 e. The first-order valence-electron chi connectivity index (χ1n) is 2.53. The van der Waals surface area contributed by atoms with Crippen molar-refractivity contribution in [1.82, 2.24) is 0 Å². The Morgan fingerprint density at radius 2 is 2.38 bits per heavy atom. The van der Waals surface area contributed by atoms with E-state index in [4.69, 9.17) is 5.21 Å². The number of hydroxylamine groups is 1. The molecule has 0 saturated carbocycles. The molecule has 0 heterocycles. The predicted octanol–water partition coefficient (Wildman–Crippen LogP) is 1.14. The lowest BCUT2D eigenvalue weighted by atomic mass is 10.3. The van der Waals surface area contributed by atoms with Crippen molar-refractivity contribution in [2.45, 2.75) is 26.3 Å². The van der Waals surface area contributed by atoms with Crippen LogP contribution in [-0.4, -0.2) is 16.1 Å². The van der Waals surface area contributed by atoms with E-state index in [0.717, 1.165) is 0 Å². The van der Waals surface area contributed by atoms with Crippen LogP contribution in [-0.2, 0) is 0 Å². The molecule has 8 heavy (non-hydrogen) atoms. The SMILES string of the molecule is CCC(C)/[N+]([O-])=N/O. The summed E-state index contributed by atoms with van der Waals surface area (Å²) >= 11 is 0. The van der Waals surface area contributed by atoms with Crippen molar-refractivity contribution in [3.05, 3.63) is 5.21 Å². The van der Waals surface area contributed by atoms with E-state index in [0.29, 0.717) is 6.42 Å². The molecule has 48 valence electrons. The lowest BCUT2D eigenvalue weighted by Crippen LogP contribution is -2.13. The van der Waals surface area contributed by atoms with Gasteiger partial charge in [-0.15, -0.1) is 0 Å². The highest BCUT2D eigenvalue weighted by atomic mass is 16.6. The molecule has 0 rings (SSSR count). The van der Waals surface area contributed by atoms with Gasteiger partial charge in [-0.05, 0) is 0 Å². The highest BCUT2D eigenvalue weighted by Gasteiger charge is 2.05. The Bertz CT molecular complexity index is 92.0. The van der Waals surface area contributed by atoms with Gasteiger partial charge in [0.1, 0.15) is 0 Å². The first-order chi connectivity index (χ1) is 3.72. The zero-order valence-corrected chi connectivity index (χ0v) is 5.03. The molecular weight excluding hydrogens is 108 g/mol. The van der Waals surface area contributed by atoms with Crippen molar-refractivity contribution in [2.75, 3.05) is 0 Å². The van der Waals surface area contributed by atoms with E-state index >= 15 is 0 Å². The Morgan fingerprint density at radius 3 is 2.50 bits per heavy atom. The fourth-order valence-corrected chi connectivity index (χ4v) is 0.244. The smallest absolute Gasteiger partial charge is 0.197 e. The van der Waals surface area contributed by atoms with Crippen LogP contribution in [0.15, 0.2) is 5.28 Å². The summed E-state index contributed by atoms with van der Waals surface area (Å²) in [5.74, 6) is 0. The predicted molar refractivity (Wildman–Crippen MR) is 27.6 cm³/mol. The van der Waals surface area contributed by atoms with E-state index < -0.39 is 0 Å². The van der Waals surface area contributed by atoms with Crippen molar-refractivity contribution >= 4 is 0 Å². The average molecular weight is 118 g/mol. The van der Waals surface area contributed by atoms with Crippen LogP contribution in [0, 0.1) is 5.21 Å². The van der Waals surface area contributed by atoms with Gasteiger partial charge in [0.05, 0.1) is 0 Å². The third kappa shape index (κ3) is 1.77. The average Bonchev–Trinajstić information content (AvgIpc) is 1.84. The van der Waals surface area contributed by atoms with Crippen LogP contribution in [0.5, 0.6) is 0 Å². The first-order valence-corrected chi connectivity index (χ1v) is 2.53. The van der Waals surface area contributed by atoms with E-state index in [9.17, 15) is 5.21 Å². The van der Waals surface area contributed by atoms with Crippen LogP contribution in [0.2, 0.25) is 0 Å². The summed E-state index contributed by atoms with van der Waals surface area (Å²) in [6.45, 7) is 3.54. The Morgan fingerprint density at radius 1 is 1.88 bits per heavy atom. The van der Waals surface area contributed by atoms with E-state index in [-0.39, 0.29) is 10.9 Å². The number of hydrogen-bond donors (Lipinski definition) is 1. The summed E-state index contributed by atoms with van der Waals surface area (Å²) in [6, 6.07) is -0.222. The first kappa shape index (κ1) is 7.20. The van der Waals surface area contributed by atoms with Gasteiger partial charge in [-0.1, -0.05) is 11.8 Å². The maximum absolute atomic E-state index is 10.2. The van der Waals surface area contributed by atoms with Crippen molar-refractivity contribution in [2.24, 2.45) is 5.28 Å². The molecule has 0 amide bonds. The molecule has 1 N–H and O–H groups in total. The number of hydrogen-bond acceptors (Lipinski definition) is 2. The third-order valence-electron chi connectivity index (χ3n) is 1.06. The quantitative estimate of drug-likeness (QED) is 0.335. The van der Waals surface area contributed by atoms with Crippen LogP contribution in [0.4, 0.5) is 0 Å². The molecule has 0 aromatic carbocycles. The zero-order valence-electron chi connectivity index (χ0n) is 5.03. The molecule has 0 aliphatic heterocycles. The molecule has 4 heteroatoms. The Balaban J connectivity index is 3.63. The molecule has 0 saturated heterocycles. The summed E-state index contributed by atoms with van der Waals surface area (Å²) in [7, 11) is 0. The molecule has 0 fully saturated rings. The van der Waals surface area contributed by atoms with E-state index in [1.54, 1.807) is 6.92 Å². The molecule has 0 aliphatic rings. The molecule has 0 aromatic heterocycles. The highest BCUT2D eigenvalue weighted by molar-refractivity contribution is 4.37. The summed E-state index contributed by atoms with van der Waals surface area (Å²) < 4.78 is 0. The second kappa shape index (κ2) is 3.23. The normalized spacial score (nSPS) is 16.0. The molecule has 1 unspecified atom stereocenters. The van der Waals surface area contributed by atoms with Crippen molar-refractivity contribution in [3.8, 4) is 0 Å². The fourth-order valence-electron chi connectivity index (χ4n) is 0.244. The van der Waals surface area contributed by atoms with E-state index in [1.807, 2.05) is 6.92 Å². The second-order valence-electron chi connectivity index (χ2n) is 1.65. The van der Waals surface area contributed by atoms with Crippen molar-refractivity contribution in [3.63, 3.8) is 0 Å². The molecule has 0 bridgehead atoms. The molecule has 0 radical (unpaired) electrons. The maximum atomic E-state index is 10.2. The zero-order chi connectivity index (χ0) is 6.57. The third-order valence-corrected chi connectivity index (χ3v) is 1.06. The van der Waals surface area contributed by atoms with Gasteiger partial charge in [-0.25, -0.2) is 0 Å². The van der Waals surface area contributed by atoms with Crippen LogP contribution in [0.3, 0.4) is 0 Å². The van der Waals surface area contributed by atoms with E-state index in [1.165, 1.54) is 0 Å². The fraction of sp³-hybridized carbons (Fsp3) is 1.00. The molecule has 1 atom stereocenters. The summed E-state index contributed by atoms with van der Waals surface area (Å²) in [4.78, 5) is 0.278. The Hall–Kier alpha value is -0.800. The van der Waals surface area contributed by atoms with Gasteiger partial charge in [-0.3, -0.25) is 0 Å².